The third-order valence-electron chi connectivity index (χ3n) is 1.59. The van der Waals surface area contributed by atoms with Gasteiger partial charge in [-0.3, -0.25) is 4.21 Å². The van der Waals surface area contributed by atoms with Gasteiger partial charge in [0.15, 0.2) is 0 Å². The quantitative estimate of drug-likeness (QED) is 0.778. The van der Waals surface area contributed by atoms with Gasteiger partial charge in [0.25, 0.3) is 0 Å². The first kappa shape index (κ1) is 10.5. The summed E-state index contributed by atoms with van der Waals surface area (Å²) < 4.78 is 15.9. The molecule has 0 fully saturated rings. The largest absolute Gasteiger partial charge is 0.495 e. The van der Waals surface area contributed by atoms with Crippen LogP contribution in [-0.2, 0) is 16.6 Å². The van der Waals surface area contributed by atoms with Crippen molar-refractivity contribution in [3.63, 3.8) is 0 Å². The Morgan fingerprint density at radius 2 is 2.23 bits per heavy atom. The van der Waals surface area contributed by atoms with Gasteiger partial charge in [0, 0.05) is 22.8 Å². The molecule has 0 saturated carbocycles. The summed E-state index contributed by atoms with van der Waals surface area (Å²) in [6, 6.07) is 5.43. The molecule has 1 unspecified atom stereocenters. The highest BCUT2D eigenvalue weighted by Gasteiger charge is 2.02. The minimum atomic E-state index is -0.833. The van der Waals surface area contributed by atoms with Crippen molar-refractivity contribution >= 4 is 22.4 Å². The molecule has 0 aliphatic carbocycles. The molecule has 1 aromatic rings. The Bertz CT molecular complexity index is 325. The highest BCUT2D eigenvalue weighted by Crippen LogP contribution is 2.25. The molecule has 0 amide bonds. The minimum absolute atomic E-state index is 0.531. The summed E-state index contributed by atoms with van der Waals surface area (Å²) in [4.78, 5) is 0. The zero-order valence-electron chi connectivity index (χ0n) is 7.54. The molecule has 13 heavy (non-hydrogen) atoms. The predicted octanol–water partition coefficient (Wildman–Crippen LogP) is 2.23. The first-order valence-electron chi connectivity index (χ1n) is 3.76. The molecule has 0 N–H and O–H groups in total. The lowest BCUT2D eigenvalue weighted by Crippen LogP contribution is -1.93. The molecule has 0 spiro atoms. The van der Waals surface area contributed by atoms with Crippen LogP contribution in [0.2, 0.25) is 5.02 Å². The van der Waals surface area contributed by atoms with Gasteiger partial charge in [-0.1, -0.05) is 17.7 Å². The second kappa shape index (κ2) is 4.63. The monoisotopic (exact) mass is 218 g/mol. The average molecular weight is 219 g/mol. The summed E-state index contributed by atoms with van der Waals surface area (Å²) in [5.41, 5.74) is 0.964. The molecule has 2 nitrogen and oxygen atoms in total. The van der Waals surface area contributed by atoms with Gasteiger partial charge in [-0.05, 0) is 17.7 Å². The molecule has 0 aromatic heterocycles. The molecule has 0 radical (unpaired) electrons. The summed E-state index contributed by atoms with van der Waals surface area (Å²) in [6.07, 6.45) is 1.66. The smallest absolute Gasteiger partial charge is 0.137 e. The number of rotatable bonds is 3. The molecule has 0 aliphatic heterocycles. The molecule has 1 atom stereocenters. The van der Waals surface area contributed by atoms with Gasteiger partial charge < -0.3 is 4.74 Å². The summed E-state index contributed by atoms with van der Waals surface area (Å²) in [5, 5.41) is 0.561. The fourth-order valence-corrected chi connectivity index (χ4v) is 1.96. The standard InChI is InChI=1S/C9H11ClO2S/c1-12-9-4-3-7(5-8(9)10)6-13(2)11/h3-5H,6H2,1-2H3. The first-order chi connectivity index (χ1) is 6.13. The maximum atomic E-state index is 10.9. The SMILES string of the molecule is COc1ccc(CS(C)=O)cc1Cl. The van der Waals surface area contributed by atoms with E-state index in [4.69, 9.17) is 16.3 Å². The lowest BCUT2D eigenvalue weighted by atomic mass is 10.2. The van der Waals surface area contributed by atoms with Crippen molar-refractivity contribution in [1.82, 2.24) is 0 Å². The van der Waals surface area contributed by atoms with Crippen molar-refractivity contribution in [2.45, 2.75) is 5.75 Å². The zero-order valence-corrected chi connectivity index (χ0v) is 9.11. The number of ether oxygens (including phenoxy) is 1. The van der Waals surface area contributed by atoms with Crippen molar-refractivity contribution in [1.29, 1.82) is 0 Å². The Morgan fingerprint density at radius 1 is 1.54 bits per heavy atom. The number of hydrogen-bond acceptors (Lipinski definition) is 2. The van der Waals surface area contributed by atoms with Gasteiger partial charge in [-0.25, -0.2) is 0 Å². The zero-order chi connectivity index (χ0) is 9.84. The van der Waals surface area contributed by atoms with Gasteiger partial charge in [0.2, 0.25) is 0 Å². The number of halogens is 1. The average Bonchev–Trinajstić information content (AvgIpc) is 2.03. The van der Waals surface area contributed by atoms with Crippen molar-refractivity contribution < 1.29 is 8.95 Å². The Morgan fingerprint density at radius 3 is 2.69 bits per heavy atom. The van der Waals surface area contributed by atoms with E-state index in [1.165, 1.54) is 0 Å². The van der Waals surface area contributed by atoms with Crippen LogP contribution in [0.4, 0.5) is 0 Å². The fraction of sp³-hybridized carbons (Fsp3) is 0.333. The van der Waals surface area contributed by atoms with Crippen LogP contribution in [0.1, 0.15) is 5.56 Å². The minimum Gasteiger partial charge on any atom is -0.495 e. The normalized spacial score (nSPS) is 12.5. The van der Waals surface area contributed by atoms with Crippen LogP contribution >= 0.6 is 11.6 Å². The highest BCUT2D eigenvalue weighted by molar-refractivity contribution is 7.83. The Hall–Kier alpha value is -0.540. The lowest BCUT2D eigenvalue weighted by Gasteiger charge is -2.04. The van der Waals surface area contributed by atoms with E-state index in [1.807, 2.05) is 6.07 Å². The van der Waals surface area contributed by atoms with E-state index >= 15 is 0 Å². The molecule has 1 rings (SSSR count). The Kier molecular flexibility index (Phi) is 3.75. The lowest BCUT2D eigenvalue weighted by molar-refractivity contribution is 0.415. The van der Waals surface area contributed by atoms with Gasteiger partial charge in [-0.2, -0.15) is 0 Å². The van der Waals surface area contributed by atoms with E-state index in [2.05, 4.69) is 0 Å². The summed E-state index contributed by atoms with van der Waals surface area (Å²) >= 11 is 5.89. The molecule has 0 aliphatic rings. The molecular formula is C9H11ClO2S. The summed E-state index contributed by atoms with van der Waals surface area (Å²) in [7, 11) is 0.735. The highest BCUT2D eigenvalue weighted by atomic mass is 35.5. The molecule has 72 valence electrons. The molecule has 4 heteroatoms. The van der Waals surface area contributed by atoms with Crippen molar-refractivity contribution in [2.75, 3.05) is 13.4 Å². The second-order valence-corrected chi connectivity index (χ2v) is 4.53. The second-order valence-electron chi connectivity index (χ2n) is 2.69. The first-order valence-corrected chi connectivity index (χ1v) is 5.86. The molecule has 0 saturated heterocycles. The summed E-state index contributed by atoms with van der Waals surface area (Å²) in [5.74, 6) is 1.18. The van der Waals surface area contributed by atoms with Crippen LogP contribution in [0, 0.1) is 0 Å². The summed E-state index contributed by atoms with van der Waals surface area (Å²) in [6.45, 7) is 0. The van der Waals surface area contributed by atoms with Crippen LogP contribution in [0.5, 0.6) is 5.75 Å². The maximum absolute atomic E-state index is 10.9. The van der Waals surface area contributed by atoms with E-state index in [9.17, 15) is 4.21 Å². The number of methoxy groups -OCH3 is 1. The van der Waals surface area contributed by atoms with Crippen LogP contribution in [0.15, 0.2) is 18.2 Å². The Balaban J connectivity index is 2.89. The molecule has 0 bridgehead atoms. The predicted molar refractivity (Wildman–Crippen MR) is 55.8 cm³/mol. The van der Waals surface area contributed by atoms with Gasteiger partial charge >= 0.3 is 0 Å². The van der Waals surface area contributed by atoms with Crippen LogP contribution < -0.4 is 4.74 Å². The van der Waals surface area contributed by atoms with Crippen molar-refractivity contribution in [2.24, 2.45) is 0 Å². The van der Waals surface area contributed by atoms with Gasteiger partial charge in [0.05, 0.1) is 12.1 Å². The van der Waals surface area contributed by atoms with Gasteiger partial charge in [0.1, 0.15) is 5.75 Å². The van der Waals surface area contributed by atoms with E-state index in [0.29, 0.717) is 16.5 Å². The van der Waals surface area contributed by atoms with Gasteiger partial charge in [-0.15, -0.1) is 0 Å². The molecule has 1 aromatic carbocycles. The van der Waals surface area contributed by atoms with E-state index in [-0.39, 0.29) is 0 Å². The Labute approximate surface area is 85.3 Å². The molecular weight excluding hydrogens is 208 g/mol. The fourth-order valence-electron chi connectivity index (χ4n) is 1.03. The number of hydrogen-bond donors (Lipinski definition) is 0. The maximum Gasteiger partial charge on any atom is 0.137 e. The van der Waals surface area contributed by atoms with Crippen LogP contribution in [0.3, 0.4) is 0 Å². The van der Waals surface area contributed by atoms with Crippen molar-refractivity contribution in [3.05, 3.63) is 28.8 Å². The third kappa shape index (κ3) is 3.01. The number of benzene rings is 1. The topological polar surface area (TPSA) is 26.3 Å². The van der Waals surface area contributed by atoms with E-state index in [1.54, 1.807) is 25.5 Å². The van der Waals surface area contributed by atoms with Crippen LogP contribution in [-0.4, -0.2) is 17.6 Å². The van der Waals surface area contributed by atoms with Crippen molar-refractivity contribution in [3.8, 4) is 5.75 Å². The van der Waals surface area contributed by atoms with E-state index < -0.39 is 10.8 Å². The van der Waals surface area contributed by atoms with E-state index in [0.717, 1.165) is 5.56 Å². The van der Waals surface area contributed by atoms with Crippen LogP contribution in [0.25, 0.3) is 0 Å². The molecule has 0 heterocycles. The third-order valence-corrected chi connectivity index (χ3v) is 2.62.